The number of rotatable bonds is 4. The molecule has 3 aromatic heterocycles. The number of para-hydroxylation sites is 2. The van der Waals surface area contributed by atoms with Crippen molar-refractivity contribution in [1.82, 2.24) is 4.57 Å². The summed E-state index contributed by atoms with van der Waals surface area (Å²) in [7, 11) is 0. The summed E-state index contributed by atoms with van der Waals surface area (Å²) in [6.45, 7) is 0. The van der Waals surface area contributed by atoms with Gasteiger partial charge in [-0.05, 0) is 81.9 Å². The van der Waals surface area contributed by atoms with Crippen molar-refractivity contribution >= 4 is 64.5 Å². The predicted octanol–water partition coefficient (Wildman–Crippen LogP) is 12.9. The van der Waals surface area contributed by atoms with Crippen LogP contribution < -0.4 is 0 Å². The third-order valence-electron chi connectivity index (χ3n) is 9.41. The molecule has 0 amide bonds. The van der Waals surface area contributed by atoms with Gasteiger partial charge in [0.2, 0.25) is 0 Å². The van der Waals surface area contributed by atoms with E-state index in [1.165, 1.54) is 53.6 Å². The van der Waals surface area contributed by atoms with Crippen LogP contribution in [0.15, 0.2) is 168 Å². The van der Waals surface area contributed by atoms with Gasteiger partial charge in [0.1, 0.15) is 11.1 Å². The first-order valence-electron chi connectivity index (χ1n) is 15.9. The molecule has 7 aromatic carbocycles. The zero-order valence-electron chi connectivity index (χ0n) is 25.4. The van der Waals surface area contributed by atoms with Crippen LogP contribution in [-0.4, -0.2) is 4.57 Å². The van der Waals surface area contributed by atoms with E-state index in [2.05, 4.69) is 168 Å². The summed E-state index contributed by atoms with van der Waals surface area (Å²) in [4.78, 5) is 0. The molecule has 0 bridgehead atoms. The maximum Gasteiger partial charge on any atom is 0.161 e. The Kier molecular flexibility index (Phi) is 5.78. The zero-order valence-corrected chi connectivity index (χ0v) is 26.2. The fourth-order valence-corrected chi connectivity index (χ4v) is 8.50. The highest BCUT2D eigenvalue weighted by Gasteiger charge is 2.22. The molecule has 0 unspecified atom stereocenters. The monoisotopic (exact) mass is 617 g/mol. The summed E-state index contributed by atoms with van der Waals surface area (Å²) in [5.74, 6) is 0. The Bertz CT molecular complexity index is 2780. The summed E-state index contributed by atoms with van der Waals surface area (Å²) < 4.78 is 11.6. The molecule has 10 aromatic rings. The number of thiophene rings is 1. The van der Waals surface area contributed by atoms with Crippen molar-refractivity contribution in [2.75, 3.05) is 0 Å². The minimum Gasteiger partial charge on any atom is -0.454 e. The van der Waals surface area contributed by atoms with Gasteiger partial charge in [-0.2, -0.15) is 0 Å². The zero-order chi connectivity index (χ0) is 30.9. The van der Waals surface area contributed by atoms with E-state index in [0.29, 0.717) is 0 Å². The first-order chi connectivity index (χ1) is 23.3. The molecule has 47 heavy (non-hydrogen) atoms. The summed E-state index contributed by atoms with van der Waals surface area (Å²) in [6.07, 6.45) is 0. The Morgan fingerprint density at radius 1 is 0.468 bits per heavy atom. The van der Waals surface area contributed by atoms with Gasteiger partial charge in [0.25, 0.3) is 0 Å². The van der Waals surface area contributed by atoms with Gasteiger partial charge in [0, 0.05) is 31.2 Å². The minimum absolute atomic E-state index is 0.897. The van der Waals surface area contributed by atoms with E-state index in [0.717, 1.165) is 38.7 Å². The molecule has 0 aliphatic heterocycles. The van der Waals surface area contributed by atoms with Crippen molar-refractivity contribution in [2.24, 2.45) is 0 Å². The third-order valence-corrected chi connectivity index (χ3v) is 10.6. The van der Waals surface area contributed by atoms with Crippen LogP contribution in [0.25, 0.3) is 92.2 Å². The largest absolute Gasteiger partial charge is 0.454 e. The maximum absolute atomic E-state index is 6.66. The Balaban J connectivity index is 1.18. The molecule has 2 nitrogen and oxygen atoms in total. The highest BCUT2D eigenvalue weighted by Crippen LogP contribution is 2.45. The van der Waals surface area contributed by atoms with Gasteiger partial charge < -0.3 is 8.98 Å². The van der Waals surface area contributed by atoms with Crippen LogP contribution in [0.1, 0.15) is 0 Å². The van der Waals surface area contributed by atoms with Crippen LogP contribution in [0.5, 0.6) is 0 Å². The van der Waals surface area contributed by atoms with Gasteiger partial charge in [-0.3, -0.25) is 0 Å². The van der Waals surface area contributed by atoms with Crippen LogP contribution in [0.3, 0.4) is 0 Å². The normalized spacial score (nSPS) is 11.8. The maximum atomic E-state index is 6.66. The average molecular weight is 618 g/mol. The molecule has 0 saturated carbocycles. The fourth-order valence-electron chi connectivity index (χ4n) is 7.29. The number of fused-ring (bicyclic) bond motifs is 8. The van der Waals surface area contributed by atoms with E-state index in [1.54, 1.807) is 0 Å². The van der Waals surface area contributed by atoms with E-state index in [9.17, 15) is 0 Å². The second kappa shape index (κ2) is 10.3. The standard InChI is InChI=1S/C44H27NOS/c1-3-12-28(13-4-1)29-24-25-40-37(27-29)35-21-10-20-34(44(35)47-40)31-15-9-14-30(26-31)33-19-11-23-39-41(33)42-43(46-39)36-18-7-8-22-38(36)45(42)32-16-5-2-6-17-32/h1-27H. The molecule has 0 aliphatic rings. The number of hydrogen-bond acceptors (Lipinski definition) is 2. The van der Waals surface area contributed by atoms with Crippen molar-refractivity contribution in [3.8, 4) is 39.1 Å². The molecule has 3 heteroatoms. The smallest absolute Gasteiger partial charge is 0.161 e. The van der Waals surface area contributed by atoms with Gasteiger partial charge >= 0.3 is 0 Å². The lowest BCUT2D eigenvalue weighted by molar-refractivity contribution is 0.673. The number of aromatic nitrogens is 1. The molecular formula is C44H27NOS. The van der Waals surface area contributed by atoms with Crippen molar-refractivity contribution in [3.63, 3.8) is 0 Å². The Labute approximate surface area is 275 Å². The Hall–Kier alpha value is -5.90. The second-order valence-electron chi connectivity index (χ2n) is 12.1. The van der Waals surface area contributed by atoms with E-state index < -0.39 is 0 Å². The van der Waals surface area contributed by atoms with E-state index in [-0.39, 0.29) is 0 Å². The lowest BCUT2D eigenvalue weighted by Gasteiger charge is -2.11. The lowest BCUT2D eigenvalue weighted by Crippen LogP contribution is -1.93. The Morgan fingerprint density at radius 2 is 1.15 bits per heavy atom. The summed E-state index contributed by atoms with van der Waals surface area (Å²) in [6, 6.07) is 58.8. The van der Waals surface area contributed by atoms with E-state index >= 15 is 0 Å². The molecule has 10 rings (SSSR count). The number of furan rings is 1. The van der Waals surface area contributed by atoms with Crippen molar-refractivity contribution in [1.29, 1.82) is 0 Å². The summed E-state index contributed by atoms with van der Waals surface area (Å²) >= 11 is 1.88. The summed E-state index contributed by atoms with van der Waals surface area (Å²) in [5, 5.41) is 4.86. The number of benzene rings is 7. The van der Waals surface area contributed by atoms with E-state index in [4.69, 9.17) is 4.42 Å². The first kappa shape index (κ1) is 26.3. The van der Waals surface area contributed by atoms with Crippen LogP contribution >= 0.6 is 11.3 Å². The predicted molar refractivity (Wildman–Crippen MR) is 200 cm³/mol. The topological polar surface area (TPSA) is 18.1 Å². The highest BCUT2D eigenvalue weighted by atomic mass is 32.1. The molecule has 0 fully saturated rings. The van der Waals surface area contributed by atoms with E-state index in [1.807, 2.05) is 11.3 Å². The minimum atomic E-state index is 0.897. The van der Waals surface area contributed by atoms with Crippen molar-refractivity contribution in [3.05, 3.63) is 164 Å². The molecule has 0 N–H and O–H groups in total. The fraction of sp³-hybridized carbons (Fsp3) is 0. The quantitative estimate of drug-likeness (QED) is 0.192. The third kappa shape index (κ3) is 4.04. The summed E-state index contributed by atoms with van der Waals surface area (Å²) in [5.41, 5.74) is 12.5. The Morgan fingerprint density at radius 3 is 2.02 bits per heavy atom. The molecule has 220 valence electrons. The van der Waals surface area contributed by atoms with Gasteiger partial charge in [-0.15, -0.1) is 11.3 Å². The lowest BCUT2D eigenvalue weighted by atomic mass is 9.96. The molecule has 0 atom stereocenters. The van der Waals surface area contributed by atoms with Crippen LogP contribution in [-0.2, 0) is 0 Å². The van der Waals surface area contributed by atoms with Crippen LogP contribution in [0.4, 0.5) is 0 Å². The molecule has 0 radical (unpaired) electrons. The second-order valence-corrected chi connectivity index (χ2v) is 13.1. The average Bonchev–Trinajstić information content (AvgIpc) is 3.81. The molecule has 3 heterocycles. The molecular weight excluding hydrogens is 591 g/mol. The van der Waals surface area contributed by atoms with Gasteiger partial charge in [-0.1, -0.05) is 115 Å². The number of nitrogens with zero attached hydrogens (tertiary/aromatic N) is 1. The molecule has 0 saturated heterocycles. The van der Waals surface area contributed by atoms with Crippen molar-refractivity contribution < 1.29 is 4.42 Å². The van der Waals surface area contributed by atoms with Gasteiger partial charge in [0.15, 0.2) is 5.58 Å². The molecule has 0 aliphatic carbocycles. The number of hydrogen-bond donors (Lipinski definition) is 0. The molecule has 0 spiro atoms. The SMILES string of the molecule is c1ccc(-c2ccc3sc4c(-c5cccc(-c6cccc7oc8c9ccccc9n(-c9ccccc9)c8c67)c5)cccc4c3c2)cc1. The first-order valence-corrected chi connectivity index (χ1v) is 16.7. The highest BCUT2D eigenvalue weighted by molar-refractivity contribution is 7.26. The van der Waals surface area contributed by atoms with Gasteiger partial charge in [-0.25, -0.2) is 0 Å². The van der Waals surface area contributed by atoms with Crippen molar-refractivity contribution in [2.45, 2.75) is 0 Å². The van der Waals surface area contributed by atoms with Gasteiger partial charge in [0.05, 0.1) is 10.9 Å². The van der Waals surface area contributed by atoms with Crippen LogP contribution in [0, 0.1) is 0 Å². The van der Waals surface area contributed by atoms with Crippen LogP contribution in [0.2, 0.25) is 0 Å².